The maximum atomic E-state index is 9.56. The fourth-order valence-corrected chi connectivity index (χ4v) is 1.66. The first-order valence-corrected chi connectivity index (χ1v) is 5.70. The number of benzene rings is 2. The molecule has 0 spiro atoms. The highest BCUT2D eigenvalue weighted by molar-refractivity contribution is 5.96. The van der Waals surface area contributed by atoms with E-state index in [1.165, 1.54) is 6.07 Å². The van der Waals surface area contributed by atoms with Gasteiger partial charge in [-0.25, -0.2) is 0 Å². The van der Waals surface area contributed by atoms with Gasteiger partial charge in [-0.2, -0.15) is 0 Å². The van der Waals surface area contributed by atoms with Crippen molar-refractivity contribution in [3.05, 3.63) is 59.2 Å². The van der Waals surface area contributed by atoms with Crippen molar-refractivity contribution in [1.29, 1.82) is 5.41 Å². The van der Waals surface area contributed by atoms with E-state index in [9.17, 15) is 10.2 Å². The third-order valence-corrected chi connectivity index (χ3v) is 2.61. The Kier molecular flexibility index (Phi) is 3.52. The van der Waals surface area contributed by atoms with Crippen LogP contribution < -0.4 is 5.73 Å². The van der Waals surface area contributed by atoms with Crippen molar-refractivity contribution in [2.24, 2.45) is 5.73 Å². The number of aromatic hydroxyl groups is 2. The number of rotatable bonds is 3. The third-order valence-electron chi connectivity index (χ3n) is 2.61. The Balaban J connectivity index is 2.27. The molecule has 0 fully saturated rings. The maximum Gasteiger partial charge on any atom is 0.122 e. The van der Waals surface area contributed by atoms with Crippen LogP contribution in [0.1, 0.15) is 16.7 Å². The summed E-state index contributed by atoms with van der Waals surface area (Å²) in [6, 6.07) is 11.5. The molecule has 0 aliphatic carbocycles. The second-order valence-electron chi connectivity index (χ2n) is 4.15. The topological polar surface area (TPSA) is 90.3 Å². The maximum absolute atomic E-state index is 9.56. The van der Waals surface area contributed by atoms with Gasteiger partial charge in [-0.05, 0) is 41.5 Å². The SMILES string of the molecule is N=C(N)c1cc(O)cc(/C=C/c2ccc(O)cc2)c1. The van der Waals surface area contributed by atoms with E-state index in [-0.39, 0.29) is 17.3 Å². The molecule has 0 bridgehead atoms. The Morgan fingerprint density at radius 2 is 1.53 bits per heavy atom. The highest BCUT2D eigenvalue weighted by atomic mass is 16.3. The fraction of sp³-hybridized carbons (Fsp3) is 0. The van der Waals surface area contributed by atoms with E-state index in [2.05, 4.69) is 0 Å². The van der Waals surface area contributed by atoms with Crippen LogP contribution in [0, 0.1) is 5.41 Å². The smallest absolute Gasteiger partial charge is 0.122 e. The molecule has 4 nitrogen and oxygen atoms in total. The highest BCUT2D eigenvalue weighted by Crippen LogP contribution is 2.18. The lowest BCUT2D eigenvalue weighted by Crippen LogP contribution is -2.10. The Bertz CT molecular complexity index is 631. The predicted molar refractivity (Wildman–Crippen MR) is 76.2 cm³/mol. The minimum Gasteiger partial charge on any atom is -0.508 e. The first-order valence-electron chi connectivity index (χ1n) is 5.70. The van der Waals surface area contributed by atoms with Crippen LogP contribution in [0.3, 0.4) is 0 Å². The van der Waals surface area contributed by atoms with Crippen LogP contribution in [-0.4, -0.2) is 16.0 Å². The van der Waals surface area contributed by atoms with Crippen molar-refractivity contribution < 1.29 is 10.2 Å². The van der Waals surface area contributed by atoms with Gasteiger partial charge >= 0.3 is 0 Å². The first-order chi connectivity index (χ1) is 9.04. The largest absolute Gasteiger partial charge is 0.508 e. The van der Waals surface area contributed by atoms with Gasteiger partial charge in [0, 0.05) is 5.56 Å². The van der Waals surface area contributed by atoms with E-state index in [1.807, 2.05) is 6.08 Å². The van der Waals surface area contributed by atoms with Gasteiger partial charge in [0.2, 0.25) is 0 Å². The molecule has 0 atom stereocenters. The third kappa shape index (κ3) is 3.35. The lowest BCUT2D eigenvalue weighted by Gasteiger charge is -2.02. The fourth-order valence-electron chi connectivity index (χ4n) is 1.66. The van der Waals surface area contributed by atoms with E-state index in [0.29, 0.717) is 5.56 Å². The zero-order valence-electron chi connectivity index (χ0n) is 10.2. The molecule has 4 heteroatoms. The zero-order chi connectivity index (χ0) is 13.8. The molecular formula is C15H14N2O2. The van der Waals surface area contributed by atoms with Gasteiger partial charge in [0.25, 0.3) is 0 Å². The molecule has 0 saturated heterocycles. The van der Waals surface area contributed by atoms with Gasteiger partial charge in [0.15, 0.2) is 0 Å². The number of nitrogen functional groups attached to an aromatic ring is 1. The van der Waals surface area contributed by atoms with E-state index >= 15 is 0 Å². The Hall–Kier alpha value is -2.75. The molecule has 0 aliphatic rings. The number of hydrogen-bond donors (Lipinski definition) is 4. The minimum atomic E-state index is -0.0878. The molecule has 19 heavy (non-hydrogen) atoms. The molecule has 0 aliphatic heterocycles. The summed E-state index contributed by atoms with van der Waals surface area (Å²) in [6.45, 7) is 0. The summed E-state index contributed by atoms with van der Waals surface area (Å²) in [6.07, 6.45) is 3.65. The van der Waals surface area contributed by atoms with Crippen LogP contribution in [0.4, 0.5) is 0 Å². The van der Waals surface area contributed by atoms with E-state index in [0.717, 1.165) is 11.1 Å². The molecule has 0 amide bonds. The van der Waals surface area contributed by atoms with Crippen LogP contribution in [0.15, 0.2) is 42.5 Å². The number of phenols is 2. The van der Waals surface area contributed by atoms with Crippen molar-refractivity contribution in [2.45, 2.75) is 0 Å². The molecule has 2 rings (SSSR count). The number of nitrogens with two attached hydrogens (primary N) is 1. The number of nitrogens with one attached hydrogen (secondary N) is 1. The summed E-state index contributed by atoms with van der Waals surface area (Å²) in [7, 11) is 0. The highest BCUT2D eigenvalue weighted by Gasteiger charge is 2.00. The predicted octanol–water partition coefficient (Wildman–Crippen LogP) is 2.55. The molecule has 2 aromatic carbocycles. The summed E-state index contributed by atoms with van der Waals surface area (Å²) < 4.78 is 0. The van der Waals surface area contributed by atoms with Crippen molar-refractivity contribution in [3.63, 3.8) is 0 Å². The molecule has 0 heterocycles. The minimum absolute atomic E-state index is 0.0676. The van der Waals surface area contributed by atoms with Crippen LogP contribution in [0.5, 0.6) is 11.5 Å². The summed E-state index contributed by atoms with van der Waals surface area (Å²) in [5.74, 6) is 0.196. The van der Waals surface area contributed by atoms with Gasteiger partial charge in [0.05, 0.1) is 0 Å². The number of hydrogen-bond acceptors (Lipinski definition) is 3. The first kappa shape index (κ1) is 12.7. The molecule has 96 valence electrons. The molecular weight excluding hydrogens is 240 g/mol. The van der Waals surface area contributed by atoms with E-state index < -0.39 is 0 Å². The molecule has 0 unspecified atom stereocenters. The van der Waals surface area contributed by atoms with E-state index in [1.54, 1.807) is 42.5 Å². The van der Waals surface area contributed by atoms with Crippen LogP contribution in [-0.2, 0) is 0 Å². The van der Waals surface area contributed by atoms with Crippen LogP contribution >= 0.6 is 0 Å². The van der Waals surface area contributed by atoms with Crippen LogP contribution in [0.2, 0.25) is 0 Å². The Morgan fingerprint density at radius 1 is 0.895 bits per heavy atom. The van der Waals surface area contributed by atoms with Crippen molar-refractivity contribution in [2.75, 3.05) is 0 Å². The molecule has 0 radical (unpaired) electrons. The van der Waals surface area contributed by atoms with Crippen LogP contribution in [0.25, 0.3) is 12.2 Å². The van der Waals surface area contributed by atoms with Crippen molar-refractivity contribution in [3.8, 4) is 11.5 Å². The van der Waals surface area contributed by atoms with Gasteiger partial charge in [-0.3, -0.25) is 5.41 Å². The van der Waals surface area contributed by atoms with Gasteiger partial charge < -0.3 is 15.9 Å². The Labute approximate surface area is 111 Å². The molecule has 2 aromatic rings. The quantitative estimate of drug-likeness (QED) is 0.385. The molecule has 0 aromatic heterocycles. The lowest BCUT2D eigenvalue weighted by atomic mass is 10.1. The second-order valence-corrected chi connectivity index (χ2v) is 4.15. The second kappa shape index (κ2) is 5.27. The summed E-state index contributed by atoms with van der Waals surface area (Å²) >= 11 is 0. The molecule has 0 saturated carbocycles. The number of amidine groups is 1. The van der Waals surface area contributed by atoms with Crippen molar-refractivity contribution >= 4 is 18.0 Å². The normalized spacial score (nSPS) is 10.7. The van der Waals surface area contributed by atoms with Gasteiger partial charge in [-0.1, -0.05) is 24.3 Å². The van der Waals surface area contributed by atoms with Crippen molar-refractivity contribution in [1.82, 2.24) is 0 Å². The monoisotopic (exact) mass is 254 g/mol. The average molecular weight is 254 g/mol. The average Bonchev–Trinajstić information content (AvgIpc) is 2.37. The van der Waals surface area contributed by atoms with Gasteiger partial charge in [0.1, 0.15) is 17.3 Å². The molecule has 5 N–H and O–H groups in total. The summed E-state index contributed by atoms with van der Waals surface area (Å²) in [4.78, 5) is 0. The van der Waals surface area contributed by atoms with E-state index in [4.69, 9.17) is 11.1 Å². The lowest BCUT2D eigenvalue weighted by molar-refractivity contribution is 0.474. The zero-order valence-corrected chi connectivity index (χ0v) is 10.2. The summed E-state index contributed by atoms with van der Waals surface area (Å²) in [5, 5.41) is 26.1. The Morgan fingerprint density at radius 3 is 2.16 bits per heavy atom. The summed E-state index contributed by atoms with van der Waals surface area (Å²) in [5.41, 5.74) is 7.54. The van der Waals surface area contributed by atoms with Gasteiger partial charge in [-0.15, -0.1) is 0 Å². The standard InChI is InChI=1S/C15H14N2O2/c16-15(17)12-7-11(8-14(19)9-12)2-1-10-3-5-13(18)6-4-10/h1-9,18-19H,(H3,16,17)/b2-1+. The number of phenolic OH excluding ortho intramolecular Hbond substituents is 2.